The van der Waals surface area contributed by atoms with E-state index in [-0.39, 0.29) is 6.29 Å². The number of hydrogen-bond donors (Lipinski definition) is 5. The fourth-order valence-electron chi connectivity index (χ4n) is 0.639. The van der Waals surface area contributed by atoms with E-state index in [0.717, 1.165) is 0 Å². The Morgan fingerprint density at radius 3 is 2.15 bits per heavy atom. The third-order valence-electron chi connectivity index (χ3n) is 1.52. The molecule has 0 radical (unpaired) electrons. The van der Waals surface area contributed by atoms with Crippen molar-refractivity contribution in [2.45, 2.75) is 24.2 Å². The van der Waals surface area contributed by atoms with Crippen molar-refractivity contribution >= 4 is 6.29 Å². The van der Waals surface area contributed by atoms with Crippen LogP contribution in [0.2, 0.25) is 0 Å². The second-order valence-electron chi connectivity index (χ2n) is 2.50. The number of rotatable bonds is 5. The van der Waals surface area contributed by atoms with Crippen molar-refractivity contribution in [2.24, 2.45) is 0 Å². The predicted octanol–water partition coefficient (Wildman–Crippen LogP) is -3.08. The summed E-state index contributed by atoms with van der Waals surface area (Å²) in [6.07, 6.45) is -7.18. The highest BCUT2D eigenvalue weighted by atomic mass is 19.2. The number of aldehydes is 1. The van der Waals surface area contributed by atoms with Crippen molar-refractivity contribution < 1.29 is 34.7 Å². The Hall–Kier alpha value is -0.600. The van der Waals surface area contributed by atoms with Crippen molar-refractivity contribution in [2.75, 3.05) is 6.61 Å². The topological polar surface area (TPSA) is 118 Å². The van der Waals surface area contributed by atoms with E-state index in [0.29, 0.717) is 0 Å². The van der Waals surface area contributed by atoms with E-state index in [9.17, 15) is 9.18 Å². The van der Waals surface area contributed by atoms with E-state index in [1.807, 2.05) is 0 Å². The molecule has 0 bridgehead atoms. The molecule has 0 unspecified atom stereocenters. The molecule has 0 aromatic heterocycles. The maximum Gasteiger partial charge on any atom is 0.264 e. The Morgan fingerprint density at radius 2 is 1.85 bits per heavy atom. The summed E-state index contributed by atoms with van der Waals surface area (Å²) in [5.41, 5.74) is 0. The Balaban J connectivity index is 4.51. The largest absolute Gasteiger partial charge is 0.393 e. The maximum absolute atomic E-state index is 12.9. The third-order valence-corrected chi connectivity index (χ3v) is 1.52. The Morgan fingerprint density at radius 1 is 1.38 bits per heavy atom. The van der Waals surface area contributed by atoms with Crippen molar-refractivity contribution in [1.29, 1.82) is 0 Å². The summed E-state index contributed by atoms with van der Waals surface area (Å²) < 4.78 is 12.9. The quantitative estimate of drug-likeness (QED) is 0.299. The van der Waals surface area contributed by atoms with Crippen molar-refractivity contribution in [1.82, 2.24) is 0 Å². The van der Waals surface area contributed by atoms with Gasteiger partial charge in [0.15, 0.2) is 6.29 Å². The molecule has 4 atom stereocenters. The van der Waals surface area contributed by atoms with Gasteiger partial charge in [-0.05, 0) is 0 Å². The van der Waals surface area contributed by atoms with Gasteiger partial charge in [0, 0.05) is 0 Å². The van der Waals surface area contributed by atoms with Gasteiger partial charge < -0.3 is 30.3 Å². The lowest BCUT2D eigenvalue weighted by atomic mass is 10.0. The summed E-state index contributed by atoms with van der Waals surface area (Å²) in [5.74, 6) is -3.63. The summed E-state index contributed by atoms with van der Waals surface area (Å²) in [7, 11) is 0. The minimum Gasteiger partial charge on any atom is -0.393 e. The zero-order valence-corrected chi connectivity index (χ0v) is 6.54. The molecule has 7 heteroatoms. The Bertz CT molecular complexity index is 173. The molecule has 5 N–H and O–H groups in total. The monoisotopic (exact) mass is 198 g/mol. The van der Waals surface area contributed by atoms with Crippen molar-refractivity contribution in [3.8, 4) is 0 Å². The summed E-state index contributed by atoms with van der Waals surface area (Å²) in [6.45, 7) is -1.16. The molecule has 13 heavy (non-hydrogen) atoms. The summed E-state index contributed by atoms with van der Waals surface area (Å²) in [6, 6.07) is 0. The van der Waals surface area contributed by atoms with Gasteiger partial charge in [-0.1, -0.05) is 0 Å². The van der Waals surface area contributed by atoms with Crippen LogP contribution < -0.4 is 0 Å². The second-order valence-corrected chi connectivity index (χ2v) is 2.50. The van der Waals surface area contributed by atoms with Crippen LogP contribution in [0.25, 0.3) is 0 Å². The lowest BCUT2D eigenvalue weighted by molar-refractivity contribution is -0.249. The number of alkyl halides is 1. The molecule has 6 nitrogen and oxygen atoms in total. The molecule has 0 amide bonds. The third kappa shape index (κ3) is 2.68. The standard InChI is InChI=1S/C6H11FO6/c7-6(13,4(11)2-9)5(12)3(10)1-8/h1,3-5,9-13H,2H2/t3-,4+,5+,6-/m0/s1. The lowest BCUT2D eigenvalue weighted by Gasteiger charge is -2.29. The highest BCUT2D eigenvalue weighted by Crippen LogP contribution is 2.19. The number of hydrogen-bond acceptors (Lipinski definition) is 6. The lowest BCUT2D eigenvalue weighted by Crippen LogP contribution is -2.55. The number of aliphatic hydroxyl groups excluding tert-OH is 4. The average molecular weight is 198 g/mol. The minimum absolute atomic E-state index is 0.209. The number of carbonyl (C=O) groups is 1. The molecular formula is C6H11FO6. The van der Waals surface area contributed by atoms with Gasteiger partial charge in [0.2, 0.25) is 0 Å². The Kier molecular flexibility index (Phi) is 4.37. The highest BCUT2D eigenvalue weighted by Gasteiger charge is 2.46. The molecule has 0 aliphatic rings. The fraction of sp³-hybridized carbons (Fsp3) is 0.833. The molecule has 78 valence electrons. The predicted molar refractivity (Wildman–Crippen MR) is 37.2 cm³/mol. The van der Waals surface area contributed by atoms with Gasteiger partial charge in [0.05, 0.1) is 6.61 Å². The fourth-order valence-corrected chi connectivity index (χ4v) is 0.639. The van der Waals surface area contributed by atoms with Crippen LogP contribution >= 0.6 is 0 Å². The normalized spacial score (nSPS) is 22.9. The first-order chi connectivity index (χ1) is 5.87. The molecule has 0 aliphatic carbocycles. The maximum atomic E-state index is 12.9. The highest BCUT2D eigenvalue weighted by molar-refractivity contribution is 5.56. The van der Waals surface area contributed by atoms with E-state index in [1.165, 1.54) is 0 Å². The molecule has 0 heterocycles. The van der Waals surface area contributed by atoms with E-state index in [4.69, 9.17) is 25.5 Å². The molecule has 0 rings (SSSR count). The average Bonchev–Trinajstić information content (AvgIpc) is 2.13. The smallest absolute Gasteiger partial charge is 0.264 e. The van der Waals surface area contributed by atoms with Gasteiger partial charge >= 0.3 is 0 Å². The van der Waals surface area contributed by atoms with Crippen LogP contribution in [0.1, 0.15) is 0 Å². The van der Waals surface area contributed by atoms with E-state index < -0.39 is 30.8 Å². The first kappa shape index (κ1) is 12.4. The molecule has 0 fully saturated rings. The van der Waals surface area contributed by atoms with Crippen LogP contribution in [-0.4, -0.2) is 62.6 Å². The summed E-state index contributed by atoms with van der Waals surface area (Å²) >= 11 is 0. The van der Waals surface area contributed by atoms with Gasteiger partial charge in [0.1, 0.15) is 18.3 Å². The molecule has 0 saturated carbocycles. The molecular weight excluding hydrogens is 187 g/mol. The first-order valence-corrected chi connectivity index (χ1v) is 3.39. The SMILES string of the molecule is O=C[C@H](O)[C@@H](O)[C@](O)(F)[C@H](O)CO. The van der Waals surface area contributed by atoms with Crippen molar-refractivity contribution in [3.63, 3.8) is 0 Å². The van der Waals surface area contributed by atoms with Crippen LogP contribution in [-0.2, 0) is 4.79 Å². The van der Waals surface area contributed by atoms with Gasteiger partial charge in [-0.2, -0.15) is 0 Å². The van der Waals surface area contributed by atoms with Gasteiger partial charge in [0.25, 0.3) is 5.85 Å². The molecule has 0 aliphatic heterocycles. The van der Waals surface area contributed by atoms with Crippen LogP contribution in [0.5, 0.6) is 0 Å². The van der Waals surface area contributed by atoms with Gasteiger partial charge in [-0.25, -0.2) is 4.39 Å². The summed E-state index contributed by atoms with van der Waals surface area (Å²) in [5, 5.41) is 43.0. The van der Waals surface area contributed by atoms with E-state index in [1.54, 1.807) is 0 Å². The zero-order valence-electron chi connectivity index (χ0n) is 6.54. The van der Waals surface area contributed by atoms with Gasteiger partial charge in [-0.3, -0.25) is 0 Å². The zero-order chi connectivity index (χ0) is 10.6. The number of halogens is 1. The van der Waals surface area contributed by atoms with Crippen molar-refractivity contribution in [3.05, 3.63) is 0 Å². The Labute approximate surface area is 72.9 Å². The number of carbonyl (C=O) groups excluding carboxylic acids is 1. The van der Waals surface area contributed by atoms with E-state index >= 15 is 0 Å². The van der Waals surface area contributed by atoms with Crippen LogP contribution in [0, 0.1) is 0 Å². The van der Waals surface area contributed by atoms with Crippen LogP contribution in [0.15, 0.2) is 0 Å². The number of aliphatic hydroxyl groups is 5. The second kappa shape index (κ2) is 4.58. The molecule has 0 aromatic carbocycles. The summed E-state index contributed by atoms with van der Waals surface area (Å²) in [4.78, 5) is 9.87. The van der Waals surface area contributed by atoms with Crippen LogP contribution in [0.4, 0.5) is 4.39 Å². The van der Waals surface area contributed by atoms with Crippen LogP contribution in [0.3, 0.4) is 0 Å². The van der Waals surface area contributed by atoms with E-state index in [2.05, 4.69) is 0 Å². The molecule has 0 saturated heterocycles. The van der Waals surface area contributed by atoms with Gasteiger partial charge in [-0.15, -0.1) is 0 Å². The minimum atomic E-state index is -3.63. The first-order valence-electron chi connectivity index (χ1n) is 3.39. The molecule has 0 spiro atoms. The molecule has 0 aromatic rings.